The first-order valence-electron chi connectivity index (χ1n) is 6.53. The Morgan fingerprint density at radius 3 is 2.59 bits per heavy atom. The predicted molar refractivity (Wildman–Crippen MR) is 69.3 cm³/mol. The number of hydrogen-bond donors (Lipinski definition) is 1. The van der Waals surface area contributed by atoms with Crippen LogP contribution >= 0.6 is 0 Å². The molecule has 17 heavy (non-hydrogen) atoms. The standard InChI is InChI=1S/C14H23FN2/c1-4-6-11(3)14(16-9-5-2)13-8-7-12(15)10-17-13/h7-8,10-11,14,16H,4-6,9H2,1-3H3. The minimum Gasteiger partial charge on any atom is -0.308 e. The Kier molecular flexibility index (Phi) is 6.12. The van der Waals surface area contributed by atoms with Crippen LogP contribution in [0.1, 0.15) is 51.8 Å². The molecule has 0 aliphatic rings. The third kappa shape index (κ3) is 4.43. The van der Waals surface area contributed by atoms with Crippen molar-refractivity contribution in [1.82, 2.24) is 10.3 Å². The molecule has 1 aromatic heterocycles. The van der Waals surface area contributed by atoms with Crippen molar-refractivity contribution in [3.8, 4) is 0 Å². The second-order valence-electron chi connectivity index (χ2n) is 4.60. The van der Waals surface area contributed by atoms with Gasteiger partial charge in [-0.1, -0.05) is 27.2 Å². The smallest absolute Gasteiger partial charge is 0.141 e. The van der Waals surface area contributed by atoms with Gasteiger partial charge in [-0.05, 0) is 37.4 Å². The Labute approximate surface area is 104 Å². The van der Waals surface area contributed by atoms with Gasteiger partial charge in [-0.15, -0.1) is 0 Å². The highest BCUT2D eigenvalue weighted by atomic mass is 19.1. The Balaban J connectivity index is 2.77. The summed E-state index contributed by atoms with van der Waals surface area (Å²) in [5, 5.41) is 3.50. The van der Waals surface area contributed by atoms with Gasteiger partial charge in [0.15, 0.2) is 0 Å². The normalized spacial score (nSPS) is 14.6. The summed E-state index contributed by atoms with van der Waals surface area (Å²) >= 11 is 0. The molecule has 96 valence electrons. The van der Waals surface area contributed by atoms with Crippen molar-refractivity contribution in [1.29, 1.82) is 0 Å². The number of nitrogens with zero attached hydrogens (tertiary/aromatic N) is 1. The van der Waals surface area contributed by atoms with E-state index in [-0.39, 0.29) is 11.9 Å². The summed E-state index contributed by atoms with van der Waals surface area (Å²) in [6.45, 7) is 7.53. The summed E-state index contributed by atoms with van der Waals surface area (Å²) in [7, 11) is 0. The number of pyridine rings is 1. The van der Waals surface area contributed by atoms with Gasteiger partial charge in [-0.3, -0.25) is 4.98 Å². The quantitative estimate of drug-likeness (QED) is 0.783. The zero-order chi connectivity index (χ0) is 12.7. The van der Waals surface area contributed by atoms with Crippen molar-refractivity contribution >= 4 is 0 Å². The van der Waals surface area contributed by atoms with Crippen LogP contribution in [0, 0.1) is 11.7 Å². The molecule has 0 aliphatic carbocycles. The predicted octanol–water partition coefficient (Wildman–Crippen LogP) is 3.70. The van der Waals surface area contributed by atoms with E-state index in [0.29, 0.717) is 5.92 Å². The molecule has 2 nitrogen and oxygen atoms in total. The molecule has 2 atom stereocenters. The molecule has 3 heteroatoms. The number of halogens is 1. The lowest BCUT2D eigenvalue weighted by Gasteiger charge is -2.24. The first-order valence-corrected chi connectivity index (χ1v) is 6.53. The molecular formula is C14H23FN2. The number of aromatic nitrogens is 1. The van der Waals surface area contributed by atoms with Gasteiger partial charge in [0.1, 0.15) is 5.82 Å². The molecule has 0 saturated carbocycles. The number of nitrogens with one attached hydrogen (secondary N) is 1. The van der Waals surface area contributed by atoms with Gasteiger partial charge in [-0.2, -0.15) is 0 Å². The topological polar surface area (TPSA) is 24.9 Å². The van der Waals surface area contributed by atoms with Gasteiger partial charge in [0.05, 0.1) is 17.9 Å². The van der Waals surface area contributed by atoms with Crippen LogP contribution in [0.25, 0.3) is 0 Å². The maximum Gasteiger partial charge on any atom is 0.141 e. The zero-order valence-corrected chi connectivity index (χ0v) is 11.0. The highest BCUT2D eigenvalue weighted by Crippen LogP contribution is 2.24. The van der Waals surface area contributed by atoms with Crippen LogP contribution in [0.2, 0.25) is 0 Å². The van der Waals surface area contributed by atoms with E-state index in [1.165, 1.54) is 12.3 Å². The summed E-state index contributed by atoms with van der Waals surface area (Å²) in [4.78, 5) is 4.20. The van der Waals surface area contributed by atoms with E-state index in [1.807, 2.05) is 0 Å². The van der Waals surface area contributed by atoms with Gasteiger partial charge in [0, 0.05) is 0 Å². The van der Waals surface area contributed by atoms with Gasteiger partial charge in [0.25, 0.3) is 0 Å². The van der Waals surface area contributed by atoms with Crippen molar-refractivity contribution < 1.29 is 4.39 Å². The lowest BCUT2D eigenvalue weighted by atomic mass is 9.94. The van der Waals surface area contributed by atoms with Crippen LogP contribution in [-0.4, -0.2) is 11.5 Å². The monoisotopic (exact) mass is 238 g/mol. The summed E-state index contributed by atoms with van der Waals surface area (Å²) in [5.74, 6) is 0.246. The molecule has 2 unspecified atom stereocenters. The molecular weight excluding hydrogens is 215 g/mol. The Morgan fingerprint density at radius 2 is 2.06 bits per heavy atom. The first kappa shape index (κ1) is 14.1. The molecule has 0 radical (unpaired) electrons. The third-order valence-corrected chi connectivity index (χ3v) is 3.00. The molecule has 0 aromatic carbocycles. The summed E-state index contributed by atoms with van der Waals surface area (Å²) in [5.41, 5.74) is 0.945. The third-order valence-electron chi connectivity index (χ3n) is 3.00. The van der Waals surface area contributed by atoms with E-state index < -0.39 is 0 Å². The van der Waals surface area contributed by atoms with E-state index >= 15 is 0 Å². The molecule has 0 saturated heterocycles. The molecule has 0 amide bonds. The van der Waals surface area contributed by atoms with Crippen LogP contribution in [0.3, 0.4) is 0 Å². The second-order valence-corrected chi connectivity index (χ2v) is 4.60. The van der Waals surface area contributed by atoms with Crippen molar-refractivity contribution in [3.63, 3.8) is 0 Å². The van der Waals surface area contributed by atoms with Crippen LogP contribution in [-0.2, 0) is 0 Å². The first-order chi connectivity index (χ1) is 8.19. The van der Waals surface area contributed by atoms with E-state index in [4.69, 9.17) is 0 Å². The lowest BCUT2D eigenvalue weighted by Crippen LogP contribution is -2.28. The van der Waals surface area contributed by atoms with Crippen LogP contribution in [0.5, 0.6) is 0 Å². The fourth-order valence-corrected chi connectivity index (χ4v) is 2.09. The van der Waals surface area contributed by atoms with Crippen molar-refractivity contribution in [3.05, 3.63) is 29.8 Å². The van der Waals surface area contributed by atoms with E-state index in [1.54, 1.807) is 6.07 Å². The highest BCUT2D eigenvalue weighted by Gasteiger charge is 2.19. The molecule has 1 heterocycles. The summed E-state index contributed by atoms with van der Waals surface area (Å²) < 4.78 is 12.9. The summed E-state index contributed by atoms with van der Waals surface area (Å²) in [6.07, 6.45) is 4.71. The van der Waals surface area contributed by atoms with Gasteiger partial charge >= 0.3 is 0 Å². The SMILES string of the molecule is CCCNC(c1ccc(F)cn1)C(C)CCC. The molecule has 0 bridgehead atoms. The van der Waals surface area contributed by atoms with Gasteiger partial charge in [0.2, 0.25) is 0 Å². The van der Waals surface area contributed by atoms with E-state index in [2.05, 4.69) is 31.1 Å². The van der Waals surface area contributed by atoms with Gasteiger partial charge < -0.3 is 5.32 Å². The Hall–Kier alpha value is -0.960. The molecule has 1 N–H and O–H groups in total. The van der Waals surface area contributed by atoms with Crippen molar-refractivity contribution in [2.24, 2.45) is 5.92 Å². The molecule has 0 spiro atoms. The minimum atomic E-state index is -0.272. The molecule has 0 fully saturated rings. The second kappa shape index (κ2) is 7.38. The Bertz CT molecular complexity index is 311. The van der Waals surface area contributed by atoms with Crippen LogP contribution < -0.4 is 5.32 Å². The molecule has 1 rings (SSSR count). The Morgan fingerprint density at radius 1 is 1.29 bits per heavy atom. The van der Waals surface area contributed by atoms with E-state index in [0.717, 1.165) is 31.5 Å². The maximum absolute atomic E-state index is 12.9. The molecule has 0 aliphatic heterocycles. The zero-order valence-electron chi connectivity index (χ0n) is 11.0. The van der Waals surface area contributed by atoms with Crippen molar-refractivity contribution in [2.75, 3.05) is 6.54 Å². The average molecular weight is 238 g/mol. The highest BCUT2D eigenvalue weighted by molar-refractivity contribution is 5.10. The average Bonchev–Trinajstić information content (AvgIpc) is 2.32. The fraction of sp³-hybridized carbons (Fsp3) is 0.643. The lowest BCUT2D eigenvalue weighted by molar-refractivity contribution is 0.356. The van der Waals surface area contributed by atoms with E-state index in [9.17, 15) is 4.39 Å². The number of hydrogen-bond acceptors (Lipinski definition) is 2. The maximum atomic E-state index is 12.9. The van der Waals surface area contributed by atoms with Crippen molar-refractivity contribution in [2.45, 2.75) is 46.1 Å². The van der Waals surface area contributed by atoms with Crippen LogP contribution in [0.15, 0.2) is 18.3 Å². The van der Waals surface area contributed by atoms with Crippen LogP contribution in [0.4, 0.5) is 4.39 Å². The molecule has 1 aromatic rings. The fourth-order valence-electron chi connectivity index (χ4n) is 2.09. The largest absolute Gasteiger partial charge is 0.308 e. The van der Waals surface area contributed by atoms with Gasteiger partial charge in [-0.25, -0.2) is 4.39 Å². The minimum absolute atomic E-state index is 0.232. The number of rotatable bonds is 7. The summed E-state index contributed by atoms with van der Waals surface area (Å²) in [6, 6.07) is 3.51.